The van der Waals surface area contributed by atoms with Gasteiger partial charge in [-0.2, -0.15) is 19.3 Å². The molecule has 0 aliphatic carbocycles. The van der Waals surface area contributed by atoms with Gasteiger partial charge >= 0.3 is 17.4 Å². The first-order valence-corrected chi connectivity index (χ1v) is 32.1. The van der Waals surface area contributed by atoms with E-state index in [2.05, 4.69) is 41.5 Å². The Morgan fingerprint density at radius 1 is 0.134 bits per heavy atom. The van der Waals surface area contributed by atoms with Crippen LogP contribution in [-0.2, 0) is 0 Å². The first-order valence-electron chi connectivity index (χ1n) is 32.1. The quantitative estimate of drug-likeness (QED) is 0.0324. The molecule has 402 valence electrons. The molecule has 1 heteroatoms. The van der Waals surface area contributed by atoms with Crippen LogP contribution >= 0.6 is 0 Å². The average Bonchev–Trinajstić information content (AvgIpc) is 3.33. The van der Waals surface area contributed by atoms with Crippen LogP contribution in [0.5, 0.6) is 0 Å². The minimum absolute atomic E-state index is 0. The summed E-state index contributed by atoms with van der Waals surface area (Å²) in [7, 11) is 0. The number of hydrogen-bond acceptors (Lipinski definition) is 0. The van der Waals surface area contributed by atoms with Gasteiger partial charge in [0.2, 0.25) is 0 Å². The van der Waals surface area contributed by atoms with E-state index in [4.69, 9.17) is 0 Å². The molecule has 0 radical (unpaired) electrons. The normalized spacial score (nSPS) is 11.0. The second-order valence-corrected chi connectivity index (χ2v) is 21.7. The van der Waals surface area contributed by atoms with E-state index in [1.54, 1.807) is 0 Å². The van der Waals surface area contributed by atoms with Crippen LogP contribution in [0.3, 0.4) is 0 Å². The second-order valence-electron chi connectivity index (χ2n) is 21.7. The van der Waals surface area contributed by atoms with Gasteiger partial charge in [0.05, 0.1) is 0 Å². The first kappa shape index (κ1) is 74.1. The van der Waals surface area contributed by atoms with Gasteiger partial charge in [0, 0.05) is 0 Å². The molecule has 0 nitrogen and oxygen atoms in total. The van der Waals surface area contributed by atoms with Crippen molar-refractivity contribution >= 4 is 17.4 Å². The molecule has 0 N–H and O–H groups in total. The van der Waals surface area contributed by atoms with Gasteiger partial charge in [0.25, 0.3) is 0 Å². The fourth-order valence-corrected chi connectivity index (χ4v) is 9.77. The summed E-state index contributed by atoms with van der Waals surface area (Å²) in [5, 5.41) is 0. The maximum absolute atomic E-state index is 3.90. The Balaban J connectivity index is -0.000000441. The van der Waals surface area contributed by atoms with Gasteiger partial charge in [-0.3, -0.25) is 0 Å². The van der Waals surface area contributed by atoms with Crippen molar-refractivity contribution in [1.29, 1.82) is 0 Å². The predicted octanol–water partition coefficient (Wildman–Crippen LogP) is 25.5. The molecule has 0 spiro atoms. The Morgan fingerprint density at radius 2 is 0.209 bits per heavy atom. The van der Waals surface area contributed by atoms with Crippen molar-refractivity contribution in [2.24, 2.45) is 0 Å². The molecular formula is C66H135Al. The molecule has 0 rings (SSSR count). The van der Waals surface area contributed by atoms with E-state index >= 15 is 0 Å². The van der Waals surface area contributed by atoms with E-state index < -0.39 is 0 Å². The molecule has 0 aromatic rings. The van der Waals surface area contributed by atoms with Crippen molar-refractivity contribution in [3.8, 4) is 0 Å². The van der Waals surface area contributed by atoms with Crippen LogP contribution in [-0.4, -0.2) is 17.4 Å². The van der Waals surface area contributed by atoms with E-state index in [0.717, 1.165) is 19.3 Å². The molecule has 0 aliphatic heterocycles. The standard InChI is InChI=1S/3C22H45.Al/c3*1-3-5-7-9-11-13-15-17-19-21-22-20-18-16-14-12-10-8-6-4-2;/h3*1,3-22H2,2H3;/q3*-1;+3. The molecule has 67 heavy (non-hydrogen) atoms. The smallest absolute Gasteiger partial charge is 0.343 e. The van der Waals surface area contributed by atoms with E-state index in [1.807, 2.05) is 0 Å². The van der Waals surface area contributed by atoms with Gasteiger partial charge < -0.3 is 20.8 Å². The van der Waals surface area contributed by atoms with Crippen molar-refractivity contribution in [3.05, 3.63) is 20.8 Å². The van der Waals surface area contributed by atoms with Crippen LogP contribution < -0.4 is 0 Å². The second kappa shape index (κ2) is 78.0. The zero-order valence-electron chi connectivity index (χ0n) is 48.1. The molecule has 0 saturated heterocycles. The summed E-state index contributed by atoms with van der Waals surface area (Å²) in [6, 6.07) is 0. The maximum atomic E-state index is 3.90. The van der Waals surface area contributed by atoms with E-state index in [9.17, 15) is 0 Å². The Morgan fingerprint density at radius 3 is 0.284 bits per heavy atom. The third kappa shape index (κ3) is 83.7. The van der Waals surface area contributed by atoms with E-state index in [-0.39, 0.29) is 17.4 Å². The zero-order valence-corrected chi connectivity index (χ0v) is 49.3. The fraction of sp³-hybridized carbons (Fsp3) is 0.955. The summed E-state index contributed by atoms with van der Waals surface area (Å²) in [5.41, 5.74) is 0. The molecular weight excluding hydrogens is 820 g/mol. The summed E-state index contributed by atoms with van der Waals surface area (Å²) < 4.78 is 0. The summed E-state index contributed by atoms with van der Waals surface area (Å²) in [5.74, 6) is 0. The number of unbranched alkanes of at least 4 members (excludes halogenated alkanes) is 57. The Hall–Kier alpha value is 0.532. The van der Waals surface area contributed by atoms with Crippen LogP contribution in [0.2, 0.25) is 0 Å². The van der Waals surface area contributed by atoms with Gasteiger partial charge in [0.1, 0.15) is 0 Å². The molecule has 0 amide bonds. The Bertz CT molecular complexity index is 561. The topological polar surface area (TPSA) is 0 Å². The molecule has 0 aromatic carbocycles. The number of rotatable bonds is 57. The summed E-state index contributed by atoms with van der Waals surface area (Å²) in [6.45, 7) is 18.6. The third-order valence-electron chi connectivity index (χ3n) is 14.6. The van der Waals surface area contributed by atoms with E-state index in [1.165, 1.54) is 366 Å². The molecule has 0 saturated carbocycles. The van der Waals surface area contributed by atoms with Crippen LogP contribution in [0.4, 0.5) is 0 Å². The SMILES string of the molecule is [Al+3].[CH2-]CCCCCCCCCCCCCCCCCCCCC.[CH2-]CCCCCCCCCCCCCCCCCCCCC.[CH2-]CCCCCCCCCCCCCCCCCCCCC. The minimum Gasteiger partial charge on any atom is -0.343 e. The average molecular weight is 956 g/mol. The summed E-state index contributed by atoms with van der Waals surface area (Å²) >= 11 is 0. The van der Waals surface area contributed by atoms with Crippen molar-refractivity contribution in [1.82, 2.24) is 0 Å². The molecule has 0 aromatic heterocycles. The minimum atomic E-state index is 0. The van der Waals surface area contributed by atoms with Crippen molar-refractivity contribution < 1.29 is 0 Å². The van der Waals surface area contributed by atoms with Crippen molar-refractivity contribution in [2.75, 3.05) is 0 Å². The van der Waals surface area contributed by atoms with Gasteiger partial charge in [0.15, 0.2) is 0 Å². The van der Waals surface area contributed by atoms with Crippen LogP contribution in [0.1, 0.15) is 406 Å². The van der Waals surface area contributed by atoms with Gasteiger partial charge in [-0.15, -0.1) is 0 Å². The molecule has 0 atom stereocenters. The Labute approximate surface area is 441 Å². The molecule has 0 unspecified atom stereocenters. The first-order chi connectivity index (χ1) is 32.7. The van der Waals surface area contributed by atoms with Crippen LogP contribution in [0.25, 0.3) is 0 Å². The molecule has 0 aliphatic rings. The monoisotopic (exact) mass is 955 g/mol. The van der Waals surface area contributed by atoms with Crippen LogP contribution in [0, 0.1) is 20.8 Å². The largest absolute Gasteiger partial charge is 3.00 e. The predicted molar refractivity (Wildman–Crippen MR) is 316 cm³/mol. The molecule has 0 bridgehead atoms. The third-order valence-corrected chi connectivity index (χ3v) is 14.6. The van der Waals surface area contributed by atoms with Gasteiger partial charge in [-0.05, 0) is 0 Å². The maximum Gasteiger partial charge on any atom is 3.00 e. The summed E-state index contributed by atoms with van der Waals surface area (Å²) in [4.78, 5) is 0. The van der Waals surface area contributed by atoms with Crippen LogP contribution in [0.15, 0.2) is 0 Å². The van der Waals surface area contributed by atoms with Gasteiger partial charge in [-0.1, -0.05) is 387 Å². The van der Waals surface area contributed by atoms with Crippen molar-refractivity contribution in [2.45, 2.75) is 406 Å². The molecule has 0 heterocycles. The zero-order chi connectivity index (χ0) is 48.4. The van der Waals surface area contributed by atoms with E-state index in [0.29, 0.717) is 0 Å². The van der Waals surface area contributed by atoms with Gasteiger partial charge in [-0.25, -0.2) is 0 Å². The van der Waals surface area contributed by atoms with Crippen molar-refractivity contribution in [3.63, 3.8) is 0 Å². The fourth-order valence-electron chi connectivity index (χ4n) is 9.77. The number of hydrogen-bond donors (Lipinski definition) is 0. The summed E-state index contributed by atoms with van der Waals surface area (Å²) in [6.07, 6.45) is 86.4. The Kier molecular flexibility index (Phi) is 86.2. The molecule has 0 fully saturated rings.